The molecule has 0 radical (unpaired) electrons. The molecule has 2 bridgehead atoms. The van der Waals surface area contributed by atoms with Crippen molar-refractivity contribution in [1.82, 2.24) is 10.2 Å². The van der Waals surface area contributed by atoms with E-state index >= 15 is 0 Å². The van der Waals surface area contributed by atoms with E-state index in [9.17, 15) is 4.79 Å². The lowest BCUT2D eigenvalue weighted by Crippen LogP contribution is -2.42. The maximum atomic E-state index is 12.8. The molecule has 4 fully saturated rings. The third kappa shape index (κ3) is 1.84. The molecule has 1 aliphatic heterocycles. The van der Waals surface area contributed by atoms with Crippen molar-refractivity contribution >= 4 is 5.91 Å². The summed E-state index contributed by atoms with van der Waals surface area (Å²) in [6, 6.07) is 0.555. The van der Waals surface area contributed by atoms with E-state index in [1.165, 1.54) is 32.1 Å². The number of fused-ring (bicyclic) bond motifs is 5. The summed E-state index contributed by atoms with van der Waals surface area (Å²) in [5.41, 5.74) is 0. The van der Waals surface area contributed by atoms with Gasteiger partial charge in [0.05, 0.1) is 0 Å². The molecule has 1 heterocycles. The van der Waals surface area contributed by atoms with Crippen molar-refractivity contribution in [3.63, 3.8) is 0 Å². The minimum Gasteiger partial charge on any atom is -0.341 e. The molecule has 0 spiro atoms. The third-order valence-corrected chi connectivity index (χ3v) is 6.32. The Kier molecular flexibility index (Phi) is 2.87. The number of rotatable bonds is 4. The van der Waals surface area contributed by atoms with Crippen molar-refractivity contribution in [1.29, 1.82) is 0 Å². The van der Waals surface area contributed by atoms with Crippen LogP contribution in [-0.2, 0) is 4.79 Å². The highest BCUT2D eigenvalue weighted by Gasteiger charge is 2.67. The van der Waals surface area contributed by atoms with Crippen LogP contribution in [0, 0.1) is 29.6 Å². The predicted octanol–water partition coefficient (Wildman–Crippen LogP) is 1.88. The smallest absolute Gasteiger partial charge is 0.226 e. The molecular weight excluding hydrogens is 236 g/mol. The van der Waals surface area contributed by atoms with Gasteiger partial charge in [-0.15, -0.1) is 0 Å². The van der Waals surface area contributed by atoms with Gasteiger partial charge >= 0.3 is 0 Å². The highest BCUT2D eigenvalue weighted by Crippen LogP contribution is 2.69. The van der Waals surface area contributed by atoms with Gasteiger partial charge in [0.2, 0.25) is 5.91 Å². The summed E-state index contributed by atoms with van der Waals surface area (Å²) < 4.78 is 0. The van der Waals surface area contributed by atoms with Crippen LogP contribution in [0.4, 0.5) is 0 Å². The molecule has 3 saturated carbocycles. The molecule has 5 unspecified atom stereocenters. The van der Waals surface area contributed by atoms with E-state index in [-0.39, 0.29) is 0 Å². The van der Waals surface area contributed by atoms with Crippen LogP contribution in [0.25, 0.3) is 0 Å². The maximum Gasteiger partial charge on any atom is 0.226 e. The number of carbonyl (C=O) groups is 1. The number of hydrogen-bond acceptors (Lipinski definition) is 2. The summed E-state index contributed by atoms with van der Waals surface area (Å²) in [7, 11) is 0. The lowest BCUT2D eigenvalue weighted by molar-refractivity contribution is -0.133. The van der Waals surface area contributed by atoms with Gasteiger partial charge in [0, 0.05) is 25.0 Å². The molecule has 4 aliphatic rings. The van der Waals surface area contributed by atoms with Crippen molar-refractivity contribution in [3.8, 4) is 0 Å². The normalized spacial score (nSPS) is 46.4. The van der Waals surface area contributed by atoms with E-state index in [0.29, 0.717) is 17.9 Å². The standard InChI is InChI=1S/C16H26N2O/c1-2-18(9-12-4-3-7-17-12)16(19)15-13-10-5-6-11(8-10)14(13)15/h10-15,17H,2-9H2,1H3. The zero-order valence-electron chi connectivity index (χ0n) is 12.0. The van der Waals surface area contributed by atoms with Gasteiger partial charge < -0.3 is 10.2 Å². The molecule has 4 rings (SSSR count). The average molecular weight is 262 g/mol. The van der Waals surface area contributed by atoms with Crippen molar-refractivity contribution in [3.05, 3.63) is 0 Å². The summed E-state index contributed by atoms with van der Waals surface area (Å²) in [6.45, 7) is 5.11. The summed E-state index contributed by atoms with van der Waals surface area (Å²) in [6.07, 6.45) is 6.77. The minimum absolute atomic E-state index is 0.424. The second-order valence-electron chi connectivity index (χ2n) is 7.18. The fourth-order valence-electron chi connectivity index (χ4n) is 5.42. The van der Waals surface area contributed by atoms with E-state index < -0.39 is 0 Å². The Bertz CT molecular complexity index is 361. The summed E-state index contributed by atoms with van der Waals surface area (Å²) in [4.78, 5) is 14.9. The molecule has 19 heavy (non-hydrogen) atoms. The second-order valence-corrected chi connectivity index (χ2v) is 7.18. The molecule has 1 saturated heterocycles. The van der Waals surface area contributed by atoms with Gasteiger partial charge in [-0.1, -0.05) is 0 Å². The van der Waals surface area contributed by atoms with Crippen LogP contribution in [0.2, 0.25) is 0 Å². The fraction of sp³-hybridized carbons (Fsp3) is 0.938. The maximum absolute atomic E-state index is 12.8. The number of nitrogens with zero attached hydrogens (tertiary/aromatic N) is 1. The van der Waals surface area contributed by atoms with Gasteiger partial charge in [0.25, 0.3) is 0 Å². The average Bonchev–Trinajstić information content (AvgIpc) is 2.83. The molecule has 3 nitrogen and oxygen atoms in total. The summed E-state index contributed by atoms with van der Waals surface area (Å²) >= 11 is 0. The summed E-state index contributed by atoms with van der Waals surface area (Å²) in [5.74, 6) is 4.31. The largest absolute Gasteiger partial charge is 0.341 e. The van der Waals surface area contributed by atoms with Gasteiger partial charge in [0.15, 0.2) is 0 Å². The molecule has 3 aliphatic carbocycles. The first-order chi connectivity index (χ1) is 9.29. The van der Waals surface area contributed by atoms with Gasteiger partial charge in [-0.25, -0.2) is 0 Å². The second kappa shape index (κ2) is 4.47. The van der Waals surface area contributed by atoms with Crippen LogP contribution in [-0.4, -0.2) is 36.5 Å². The Morgan fingerprint density at radius 3 is 2.53 bits per heavy atom. The monoisotopic (exact) mass is 262 g/mol. The van der Waals surface area contributed by atoms with Gasteiger partial charge in [-0.3, -0.25) is 4.79 Å². The Hall–Kier alpha value is -0.570. The van der Waals surface area contributed by atoms with Crippen LogP contribution in [0.3, 0.4) is 0 Å². The third-order valence-electron chi connectivity index (χ3n) is 6.32. The topological polar surface area (TPSA) is 32.3 Å². The highest BCUT2D eigenvalue weighted by molar-refractivity contribution is 5.83. The number of carbonyl (C=O) groups excluding carboxylic acids is 1. The molecule has 0 aromatic rings. The van der Waals surface area contributed by atoms with Crippen molar-refractivity contribution in [2.45, 2.75) is 45.1 Å². The quantitative estimate of drug-likeness (QED) is 0.839. The number of hydrogen-bond donors (Lipinski definition) is 1. The molecule has 0 aromatic carbocycles. The molecule has 5 atom stereocenters. The van der Waals surface area contributed by atoms with Crippen LogP contribution in [0.5, 0.6) is 0 Å². The van der Waals surface area contributed by atoms with E-state index in [1.54, 1.807) is 0 Å². The number of nitrogens with one attached hydrogen (secondary N) is 1. The number of likely N-dealkylation sites (N-methyl/N-ethyl adjacent to an activating group) is 1. The number of amides is 1. The molecule has 1 N–H and O–H groups in total. The fourth-order valence-corrected chi connectivity index (χ4v) is 5.42. The van der Waals surface area contributed by atoms with Crippen LogP contribution in [0.15, 0.2) is 0 Å². The molecule has 0 aromatic heterocycles. The Labute approximate surface area is 116 Å². The van der Waals surface area contributed by atoms with Crippen LogP contribution >= 0.6 is 0 Å². The van der Waals surface area contributed by atoms with E-state index in [0.717, 1.165) is 43.3 Å². The predicted molar refractivity (Wildman–Crippen MR) is 74.6 cm³/mol. The molecule has 106 valence electrons. The van der Waals surface area contributed by atoms with E-state index in [1.807, 2.05) is 0 Å². The van der Waals surface area contributed by atoms with Crippen molar-refractivity contribution < 1.29 is 4.79 Å². The Balaban J connectivity index is 1.39. The Morgan fingerprint density at radius 2 is 1.95 bits per heavy atom. The van der Waals surface area contributed by atoms with Crippen molar-refractivity contribution in [2.24, 2.45) is 29.6 Å². The first-order valence-corrected chi connectivity index (χ1v) is 8.31. The SMILES string of the molecule is CCN(CC1CCCN1)C(=O)C1C2C3CCC(C3)C12. The summed E-state index contributed by atoms with van der Waals surface area (Å²) in [5, 5.41) is 3.52. The lowest BCUT2D eigenvalue weighted by Gasteiger charge is -2.25. The first-order valence-electron chi connectivity index (χ1n) is 8.31. The lowest BCUT2D eigenvalue weighted by atomic mass is 10.0. The minimum atomic E-state index is 0.424. The molecule has 3 heteroatoms. The van der Waals surface area contributed by atoms with E-state index in [4.69, 9.17) is 0 Å². The first kappa shape index (κ1) is 12.2. The van der Waals surface area contributed by atoms with Gasteiger partial charge in [-0.2, -0.15) is 0 Å². The van der Waals surface area contributed by atoms with Crippen molar-refractivity contribution in [2.75, 3.05) is 19.6 Å². The zero-order chi connectivity index (χ0) is 13.0. The van der Waals surface area contributed by atoms with Gasteiger partial charge in [-0.05, 0) is 69.2 Å². The van der Waals surface area contributed by atoms with E-state index in [2.05, 4.69) is 17.1 Å². The molecule has 1 amide bonds. The zero-order valence-corrected chi connectivity index (χ0v) is 12.0. The highest BCUT2D eigenvalue weighted by atomic mass is 16.2. The van der Waals surface area contributed by atoms with Crippen LogP contribution < -0.4 is 5.32 Å². The van der Waals surface area contributed by atoms with Gasteiger partial charge in [0.1, 0.15) is 0 Å². The Morgan fingerprint density at radius 1 is 1.21 bits per heavy atom. The van der Waals surface area contributed by atoms with Crippen LogP contribution in [0.1, 0.15) is 39.0 Å². The molecular formula is C16H26N2O.